The zero-order valence-corrected chi connectivity index (χ0v) is 15.2. The third-order valence-corrected chi connectivity index (χ3v) is 5.46. The predicted molar refractivity (Wildman–Crippen MR) is 100 cm³/mol. The van der Waals surface area contributed by atoms with Crippen LogP contribution >= 0.6 is 27.7 Å². The fourth-order valence-electron chi connectivity index (χ4n) is 2.62. The second-order valence-corrected chi connectivity index (χ2v) is 7.41. The summed E-state index contributed by atoms with van der Waals surface area (Å²) in [6, 6.07) is 18.4. The van der Waals surface area contributed by atoms with Crippen LogP contribution in [0.2, 0.25) is 0 Å². The Kier molecular flexibility index (Phi) is 5.62. The van der Waals surface area contributed by atoms with Gasteiger partial charge in [-0.2, -0.15) is 0 Å². The van der Waals surface area contributed by atoms with Crippen molar-refractivity contribution in [2.24, 2.45) is 0 Å². The first-order chi connectivity index (χ1) is 11.2. The molecule has 0 saturated carbocycles. The maximum Gasteiger partial charge on any atom is 0.233 e. The van der Waals surface area contributed by atoms with Crippen molar-refractivity contribution >= 4 is 39.3 Å². The summed E-state index contributed by atoms with van der Waals surface area (Å²) in [6.07, 6.45) is 0. The molecule has 1 fully saturated rings. The van der Waals surface area contributed by atoms with Gasteiger partial charge in [0.05, 0.1) is 5.75 Å². The molecule has 2 aromatic rings. The number of amides is 1. The lowest BCUT2D eigenvalue weighted by molar-refractivity contribution is -0.128. The van der Waals surface area contributed by atoms with E-state index < -0.39 is 0 Å². The average molecular weight is 391 g/mol. The summed E-state index contributed by atoms with van der Waals surface area (Å²) in [5, 5.41) is 0. The molecule has 1 aliphatic heterocycles. The Balaban J connectivity index is 1.48. The van der Waals surface area contributed by atoms with E-state index in [1.54, 1.807) is 11.8 Å². The highest BCUT2D eigenvalue weighted by Crippen LogP contribution is 2.21. The van der Waals surface area contributed by atoms with E-state index >= 15 is 0 Å². The molecule has 3 nitrogen and oxygen atoms in total. The molecule has 1 heterocycles. The fraction of sp³-hybridized carbons (Fsp3) is 0.278. The van der Waals surface area contributed by atoms with Crippen LogP contribution in [0.15, 0.2) is 64.0 Å². The van der Waals surface area contributed by atoms with Gasteiger partial charge in [-0.3, -0.25) is 4.79 Å². The first kappa shape index (κ1) is 16.4. The molecule has 0 bridgehead atoms. The summed E-state index contributed by atoms with van der Waals surface area (Å²) in [7, 11) is 0. The molecular weight excluding hydrogens is 372 g/mol. The van der Waals surface area contributed by atoms with Crippen molar-refractivity contribution in [2.45, 2.75) is 4.90 Å². The lowest BCUT2D eigenvalue weighted by atomic mass is 10.2. The van der Waals surface area contributed by atoms with E-state index in [9.17, 15) is 4.79 Å². The molecular formula is C18H19BrN2OS. The van der Waals surface area contributed by atoms with Crippen LogP contribution in [0.3, 0.4) is 0 Å². The minimum Gasteiger partial charge on any atom is -0.368 e. The first-order valence-corrected chi connectivity index (χ1v) is 9.46. The summed E-state index contributed by atoms with van der Waals surface area (Å²) < 4.78 is 1.09. The number of rotatable bonds is 4. The first-order valence-electron chi connectivity index (χ1n) is 7.68. The molecule has 1 saturated heterocycles. The summed E-state index contributed by atoms with van der Waals surface area (Å²) in [4.78, 5) is 17.8. The van der Waals surface area contributed by atoms with Crippen molar-refractivity contribution in [2.75, 3.05) is 36.8 Å². The van der Waals surface area contributed by atoms with Crippen molar-refractivity contribution in [3.8, 4) is 0 Å². The summed E-state index contributed by atoms with van der Waals surface area (Å²) in [5.74, 6) is 0.747. The average Bonchev–Trinajstić information content (AvgIpc) is 2.61. The standard InChI is InChI=1S/C18H19BrN2OS/c19-15-6-8-16(9-7-15)20-10-12-21(13-11-20)18(22)14-23-17-4-2-1-3-5-17/h1-9H,10-14H2. The van der Waals surface area contributed by atoms with Gasteiger partial charge in [0, 0.05) is 41.2 Å². The number of thioether (sulfide) groups is 1. The van der Waals surface area contributed by atoms with E-state index in [1.165, 1.54) is 5.69 Å². The van der Waals surface area contributed by atoms with Crippen LogP contribution in [0.5, 0.6) is 0 Å². The molecule has 3 rings (SSSR count). The number of piperazine rings is 1. The Morgan fingerprint density at radius 1 is 0.957 bits per heavy atom. The van der Waals surface area contributed by atoms with E-state index in [1.807, 2.05) is 35.2 Å². The second kappa shape index (κ2) is 7.88. The Morgan fingerprint density at radius 3 is 2.26 bits per heavy atom. The molecule has 2 aromatic carbocycles. The van der Waals surface area contributed by atoms with E-state index in [4.69, 9.17) is 0 Å². The maximum absolute atomic E-state index is 12.3. The van der Waals surface area contributed by atoms with Gasteiger partial charge in [0.25, 0.3) is 0 Å². The summed E-state index contributed by atoms with van der Waals surface area (Å²) >= 11 is 5.07. The predicted octanol–water partition coefficient (Wildman–Crippen LogP) is 3.89. The maximum atomic E-state index is 12.3. The van der Waals surface area contributed by atoms with Crippen molar-refractivity contribution < 1.29 is 4.79 Å². The van der Waals surface area contributed by atoms with Gasteiger partial charge in [0.15, 0.2) is 0 Å². The van der Waals surface area contributed by atoms with Crippen LogP contribution in [0, 0.1) is 0 Å². The Bertz CT molecular complexity index is 640. The Labute approximate surface area is 149 Å². The number of halogens is 1. The van der Waals surface area contributed by atoms with Gasteiger partial charge in [0.1, 0.15) is 0 Å². The monoisotopic (exact) mass is 390 g/mol. The Morgan fingerprint density at radius 2 is 1.61 bits per heavy atom. The third kappa shape index (κ3) is 4.52. The SMILES string of the molecule is O=C(CSc1ccccc1)N1CCN(c2ccc(Br)cc2)CC1. The zero-order chi connectivity index (χ0) is 16.1. The zero-order valence-electron chi connectivity index (χ0n) is 12.8. The second-order valence-electron chi connectivity index (χ2n) is 5.45. The van der Waals surface area contributed by atoms with E-state index in [0.717, 1.165) is 35.5 Å². The van der Waals surface area contributed by atoms with Crippen LogP contribution < -0.4 is 4.90 Å². The van der Waals surface area contributed by atoms with Gasteiger partial charge < -0.3 is 9.80 Å². The summed E-state index contributed by atoms with van der Waals surface area (Å²) in [6.45, 7) is 3.38. The van der Waals surface area contributed by atoms with Gasteiger partial charge in [-0.25, -0.2) is 0 Å². The molecule has 0 aromatic heterocycles. The smallest absolute Gasteiger partial charge is 0.233 e. The van der Waals surface area contributed by atoms with Gasteiger partial charge in [-0.1, -0.05) is 34.1 Å². The number of carbonyl (C=O) groups is 1. The molecule has 0 N–H and O–H groups in total. The van der Waals surface area contributed by atoms with E-state index in [-0.39, 0.29) is 5.91 Å². The van der Waals surface area contributed by atoms with Crippen LogP contribution in [0.4, 0.5) is 5.69 Å². The molecule has 1 aliphatic rings. The van der Waals surface area contributed by atoms with Crippen molar-refractivity contribution in [1.29, 1.82) is 0 Å². The highest BCUT2D eigenvalue weighted by atomic mass is 79.9. The van der Waals surface area contributed by atoms with Gasteiger partial charge in [0.2, 0.25) is 5.91 Å². The third-order valence-electron chi connectivity index (χ3n) is 3.93. The van der Waals surface area contributed by atoms with Gasteiger partial charge >= 0.3 is 0 Å². The number of nitrogens with zero attached hydrogens (tertiary/aromatic N) is 2. The van der Waals surface area contributed by atoms with E-state index in [2.05, 4.69) is 45.1 Å². The molecule has 23 heavy (non-hydrogen) atoms. The molecule has 1 amide bonds. The quantitative estimate of drug-likeness (QED) is 0.739. The highest BCUT2D eigenvalue weighted by Gasteiger charge is 2.21. The highest BCUT2D eigenvalue weighted by molar-refractivity contribution is 9.10. The molecule has 0 radical (unpaired) electrons. The Hall–Kier alpha value is -1.46. The normalized spacial score (nSPS) is 14.8. The molecule has 5 heteroatoms. The number of carbonyl (C=O) groups excluding carboxylic acids is 1. The van der Waals surface area contributed by atoms with Gasteiger partial charge in [-0.15, -0.1) is 11.8 Å². The lowest BCUT2D eigenvalue weighted by Gasteiger charge is -2.36. The van der Waals surface area contributed by atoms with Crippen LogP contribution in [0.1, 0.15) is 0 Å². The van der Waals surface area contributed by atoms with Crippen molar-refractivity contribution in [3.05, 3.63) is 59.1 Å². The molecule has 120 valence electrons. The minimum atomic E-state index is 0.231. The van der Waals surface area contributed by atoms with Crippen LogP contribution in [0.25, 0.3) is 0 Å². The van der Waals surface area contributed by atoms with Crippen molar-refractivity contribution in [1.82, 2.24) is 4.90 Å². The molecule has 0 unspecified atom stereocenters. The fourth-order valence-corrected chi connectivity index (χ4v) is 3.71. The minimum absolute atomic E-state index is 0.231. The molecule has 0 atom stereocenters. The van der Waals surface area contributed by atoms with Crippen LogP contribution in [-0.2, 0) is 4.79 Å². The number of benzene rings is 2. The lowest BCUT2D eigenvalue weighted by Crippen LogP contribution is -2.49. The van der Waals surface area contributed by atoms with Crippen molar-refractivity contribution in [3.63, 3.8) is 0 Å². The topological polar surface area (TPSA) is 23.6 Å². The number of anilines is 1. The summed E-state index contributed by atoms with van der Waals surface area (Å²) in [5.41, 5.74) is 1.22. The van der Waals surface area contributed by atoms with E-state index in [0.29, 0.717) is 5.75 Å². The molecule has 0 aliphatic carbocycles. The van der Waals surface area contributed by atoms with Crippen LogP contribution in [-0.4, -0.2) is 42.7 Å². The van der Waals surface area contributed by atoms with Gasteiger partial charge in [-0.05, 0) is 36.4 Å². The molecule has 0 spiro atoms. The largest absolute Gasteiger partial charge is 0.368 e. The number of hydrogen-bond acceptors (Lipinski definition) is 3. The number of hydrogen-bond donors (Lipinski definition) is 0.